The molecule has 3 aromatic carbocycles. The molecule has 8 nitrogen and oxygen atoms in total. The molecule has 2 unspecified atom stereocenters. The first kappa shape index (κ1) is 26.1. The Kier molecular flexibility index (Phi) is 6.34. The predicted octanol–water partition coefficient (Wildman–Crippen LogP) is 6.75. The van der Waals surface area contributed by atoms with Crippen LogP contribution in [0.5, 0.6) is 5.75 Å². The van der Waals surface area contributed by atoms with Crippen LogP contribution in [0.2, 0.25) is 5.02 Å². The minimum Gasteiger partial charge on any atom is -0.488 e. The van der Waals surface area contributed by atoms with Gasteiger partial charge in [0.25, 0.3) is 0 Å². The summed E-state index contributed by atoms with van der Waals surface area (Å²) < 4.78 is 10.9. The van der Waals surface area contributed by atoms with Crippen molar-refractivity contribution in [1.82, 2.24) is 20.2 Å². The number of imidazole rings is 1. The number of alkyl carbamates (subject to hydrolysis) is 1. The fourth-order valence-electron chi connectivity index (χ4n) is 7.14. The fourth-order valence-corrected chi connectivity index (χ4v) is 7.30. The number of rotatable bonds is 4. The van der Waals surface area contributed by atoms with Crippen molar-refractivity contribution in [3.05, 3.63) is 58.9 Å². The van der Waals surface area contributed by atoms with Gasteiger partial charge in [0.15, 0.2) is 0 Å². The van der Waals surface area contributed by atoms with E-state index < -0.39 is 12.1 Å². The lowest BCUT2D eigenvalue weighted by molar-refractivity contribution is -0.137. The fraction of sp³-hybridized carbons (Fsp3) is 0.406. The van der Waals surface area contributed by atoms with Crippen LogP contribution < -0.4 is 10.1 Å². The van der Waals surface area contributed by atoms with E-state index in [1.165, 1.54) is 7.11 Å². The normalized spacial score (nSPS) is 21.9. The maximum Gasteiger partial charge on any atom is 0.407 e. The summed E-state index contributed by atoms with van der Waals surface area (Å²) in [4.78, 5) is 36.9. The van der Waals surface area contributed by atoms with E-state index in [2.05, 4.69) is 34.6 Å². The maximum atomic E-state index is 14.1. The van der Waals surface area contributed by atoms with Crippen molar-refractivity contribution < 1.29 is 19.1 Å². The number of nitrogens with one attached hydrogen (secondary N) is 2. The Morgan fingerprint density at radius 3 is 2.80 bits per heavy atom. The molecule has 4 aromatic rings. The van der Waals surface area contributed by atoms with Gasteiger partial charge in [0.05, 0.1) is 24.2 Å². The summed E-state index contributed by atoms with van der Waals surface area (Å²) >= 11 is 6.20. The third-order valence-electron chi connectivity index (χ3n) is 9.13. The molecule has 0 bridgehead atoms. The molecule has 3 heterocycles. The van der Waals surface area contributed by atoms with Crippen LogP contribution >= 0.6 is 11.6 Å². The first-order valence-electron chi connectivity index (χ1n) is 14.4. The smallest absolute Gasteiger partial charge is 0.407 e. The van der Waals surface area contributed by atoms with Crippen molar-refractivity contribution >= 4 is 45.4 Å². The van der Waals surface area contributed by atoms with E-state index in [1.807, 2.05) is 36.9 Å². The number of carbonyl (C=O) groups excluding carboxylic acids is 2. The van der Waals surface area contributed by atoms with Crippen molar-refractivity contribution in [2.45, 2.75) is 64.3 Å². The summed E-state index contributed by atoms with van der Waals surface area (Å²) in [7, 11) is 1.32. The lowest BCUT2D eigenvalue weighted by atomic mass is 9.93. The SMILES string of the molecule is COC(=O)N[C@H](C(=O)N1C2CCCC2C[C@H]1c1nc2c(ccc3cc4c(cc32)COc2cc(Cl)ccc2-4)[nH]1)C(C)C. The topological polar surface area (TPSA) is 96.6 Å². The molecule has 4 atom stereocenters. The lowest BCUT2D eigenvalue weighted by Crippen LogP contribution is -2.53. The molecule has 1 saturated heterocycles. The largest absolute Gasteiger partial charge is 0.488 e. The van der Waals surface area contributed by atoms with E-state index in [9.17, 15) is 9.59 Å². The van der Waals surface area contributed by atoms with Gasteiger partial charge in [0, 0.05) is 22.0 Å². The molecule has 2 fully saturated rings. The molecule has 7 rings (SSSR count). The first-order valence-corrected chi connectivity index (χ1v) is 14.7. The molecule has 2 amide bonds. The standard InChI is InChI=1S/C32H33ClN4O4/c1-16(2)28(36-32(39)40-3)31(38)37-25-6-4-5-18(25)13-26(37)30-34-24-10-7-17-11-22-19(12-23(17)29(24)35-30)15-41-27-14-20(33)8-9-21(22)27/h7-12,14,16,18,25-26,28H,4-6,13,15H2,1-3H3,(H,34,35)(H,36,39)/t18?,25?,26-,28-/m0/s1. The van der Waals surface area contributed by atoms with E-state index in [-0.39, 0.29) is 23.9 Å². The molecule has 0 radical (unpaired) electrons. The second-order valence-electron chi connectivity index (χ2n) is 11.9. The number of fused-ring (bicyclic) bond motifs is 7. The van der Waals surface area contributed by atoms with E-state index in [0.29, 0.717) is 17.5 Å². The van der Waals surface area contributed by atoms with E-state index in [1.54, 1.807) is 0 Å². The number of methoxy groups -OCH3 is 1. The Morgan fingerprint density at radius 2 is 2.00 bits per heavy atom. The monoisotopic (exact) mass is 572 g/mol. The highest BCUT2D eigenvalue weighted by atomic mass is 35.5. The van der Waals surface area contributed by atoms with Gasteiger partial charge in [0.2, 0.25) is 5.91 Å². The number of ether oxygens (including phenoxy) is 2. The number of H-pyrrole nitrogens is 1. The second kappa shape index (κ2) is 9.94. The van der Waals surface area contributed by atoms with E-state index >= 15 is 0 Å². The Labute approximate surface area is 243 Å². The first-order chi connectivity index (χ1) is 19.8. The average molecular weight is 573 g/mol. The number of aromatic amines is 1. The van der Waals surface area contributed by atoms with Gasteiger partial charge >= 0.3 is 6.09 Å². The van der Waals surface area contributed by atoms with Crippen molar-refractivity contribution in [2.75, 3.05) is 7.11 Å². The Morgan fingerprint density at radius 1 is 1.15 bits per heavy atom. The number of aromatic nitrogens is 2. The quantitative estimate of drug-likeness (QED) is 0.282. The van der Waals surface area contributed by atoms with Crippen LogP contribution in [0.25, 0.3) is 32.9 Å². The van der Waals surface area contributed by atoms with E-state index in [0.717, 1.165) is 75.8 Å². The molecule has 2 aliphatic heterocycles. The van der Waals surface area contributed by atoms with Crippen LogP contribution in [0.4, 0.5) is 4.79 Å². The van der Waals surface area contributed by atoms with E-state index in [4.69, 9.17) is 26.1 Å². The Balaban J connectivity index is 1.29. The Bertz CT molecular complexity index is 1700. The summed E-state index contributed by atoms with van der Waals surface area (Å²) in [5, 5.41) is 5.58. The minimum absolute atomic E-state index is 0.0694. The van der Waals surface area contributed by atoms with Gasteiger partial charge in [-0.2, -0.15) is 0 Å². The second-order valence-corrected chi connectivity index (χ2v) is 12.3. The zero-order valence-electron chi connectivity index (χ0n) is 23.4. The van der Waals surface area contributed by atoms with Gasteiger partial charge < -0.3 is 24.7 Å². The molecule has 2 N–H and O–H groups in total. The summed E-state index contributed by atoms with van der Waals surface area (Å²) in [5.74, 6) is 1.87. The van der Waals surface area contributed by atoms with Gasteiger partial charge in [-0.1, -0.05) is 37.9 Å². The van der Waals surface area contributed by atoms with Gasteiger partial charge in [-0.15, -0.1) is 0 Å². The number of hydrogen-bond donors (Lipinski definition) is 2. The highest BCUT2D eigenvalue weighted by molar-refractivity contribution is 6.30. The van der Waals surface area contributed by atoms with Crippen LogP contribution in [0.3, 0.4) is 0 Å². The van der Waals surface area contributed by atoms with Crippen LogP contribution in [0, 0.1) is 11.8 Å². The molecule has 41 heavy (non-hydrogen) atoms. The number of benzene rings is 3. The molecule has 1 saturated carbocycles. The van der Waals surface area contributed by atoms with Crippen LogP contribution in [-0.2, 0) is 16.1 Å². The molecule has 212 valence electrons. The predicted molar refractivity (Wildman–Crippen MR) is 158 cm³/mol. The summed E-state index contributed by atoms with van der Waals surface area (Å²) in [6, 6.07) is 13.6. The number of halogens is 1. The minimum atomic E-state index is -0.668. The molecule has 0 spiro atoms. The average Bonchev–Trinajstić information content (AvgIpc) is 3.68. The van der Waals surface area contributed by atoms with Crippen molar-refractivity contribution in [3.8, 4) is 16.9 Å². The zero-order valence-corrected chi connectivity index (χ0v) is 24.1. The number of carbonyl (C=O) groups is 2. The molecule has 1 aliphatic carbocycles. The molecular weight excluding hydrogens is 540 g/mol. The van der Waals surface area contributed by atoms with Gasteiger partial charge in [-0.25, -0.2) is 9.78 Å². The zero-order chi connectivity index (χ0) is 28.4. The van der Waals surface area contributed by atoms with Crippen LogP contribution in [0.1, 0.15) is 57.0 Å². The van der Waals surface area contributed by atoms with Gasteiger partial charge in [-0.05, 0) is 84.0 Å². The Hall–Kier alpha value is -3.78. The number of hydrogen-bond acceptors (Lipinski definition) is 5. The molecule has 9 heteroatoms. The highest BCUT2D eigenvalue weighted by Crippen LogP contribution is 2.48. The number of nitrogens with zero attached hydrogens (tertiary/aromatic N) is 2. The summed E-state index contributed by atoms with van der Waals surface area (Å²) in [5.41, 5.74) is 5.11. The van der Waals surface area contributed by atoms with Crippen LogP contribution in [-0.4, -0.2) is 46.1 Å². The molecule has 1 aromatic heterocycles. The summed E-state index contributed by atoms with van der Waals surface area (Å²) in [6.45, 7) is 4.35. The maximum absolute atomic E-state index is 14.1. The van der Waals surface area contributed by atoms with Crippen molar-refractivity contribution in [3.63, 3.8) is 0 Å². The lowest BCUT2D eigenvalue weighted by Gasteiger charge is -2.33. The number of amides is 2. The highest BCUT2D eigenvalue weighted by Gasteiger charge is 2.49. The molecule has 3 aliphatic rings. The summed E-state index contributed by atoms with van der Waals surface area (Å²) in [6.07, 6.45) is 3.45. The third-order valence-corrected chi connectivity index (χ3v) is 9.36. The van der Waals surface area contributed by atoms with Crippen LogP contribution in [0.15, 0.2) is 42.5 Å². The molecular formula is C32H33ClN4O4. The van der Waals surface area contributed by atoms with Gasteiger partial charge in [0.1, 0.15) is 24.2 Å². The number of likely N-dealkylation sites (tertiary alicyclic amines) is 1. The van der Waals surface area contributed by atoms with Crippen molar-refractivity contribution in [2.24, 2.45) is 11.8 Å². The third kappa shape index (κ3) is 4.31. The van der Waals surface area contributed by atoms with Gasteiger partial charge in [-0.3, -0.25) is 4.79 Å². The van der Waals surface area contributed by atoms with Crippen molar-refractivity contribution in [1.29, 1.82) is 0 Å².